The Labute approximate surface area is 142 Å². The van der Waals surface area contributed by atoms with Crippen LogP contribution in [0, 0.1) is 0 Å². The van der Waals surface area contributed by atoms with Crippen molar-refractivity contribution in [1.29, 1.82) is 0 Å². The second kappa shape index (κ2) is 8.77. The standard InChI is InChI=1S/C17H26N4O3/c1-21(2)10-9-16(22)19-12-3-5-13(6-4-12)20-17(23)15-8-7-14(11-18)24-15/h3-6,14-15H,7-11,18H2,1-2H3,(H,19,22)(H,20,23)/t14-,15+/m1/s1. The lowest BCUT2D eigenvalue weighted by atomic mass is 10.2. The van der Waals surface area contributed by atoms with E-state index >= 15 is 0 Å². The second-order valence-electron chi connectivity index (χ2n) is 6.23. The Bertz CT molecular complexity index is 559. The molecule has 1 aromatic carbocycles. The van der Waals surface area contributed by atoms with E-state index in [-0.39, 0.29) is 17.9 Å². The van der Waals surface area contributed by atoms with Crippen molar-refractivity contribution in [2.75, 3.05) is 37.8 Å². The van der Waals surface area contributed by atoms with Gasteiger partial charge >= 0.3 is 0 Å². The molecular weight excluding hydrogens is 308 g/mol. The predicted octanol–water partition coefficient (Wildman–Crippen LogP) is 1.02. The molecule has 2 amide bonds. The number of hydrogen-bond acceptors (Lipinski definition) is 5. The number of anilines is 2. The van der Waals surface area contributed by atoms with Crippen LogP contribution in [0.4, 0.5) is 11.4 Å². The zero-order valence-electron chi connectivity index (χ0n) is 14.2. The Morgan fingerprint density at radius 1 is 1.17 bits per heavy atom. The van der Waals surface area contributed by atoms with Gasteiger partial charge in [-0.25, -0.2) is 0 Å². The van der Waals surface area contributed by atoms with E-state index in [1.54, 1.807) is 24.3 Å². The highest BCUT2D eigenvalue weighted by atomic mass is 16.5. The van der Waals surface area contributed by atoms with Gasteiger partial charge in [-0.2, -0.15) is 0 Å². The van der Waals surface area contributed by atoms with E-state index in [0.29, 0.717) is 37.3 Å². The molecule has 0 spiro atoms. The first-order chi connectivity index (χ1) is 11.5. The van der Waals surface area contributed by atoms with Gasteiger partial charge in [0.15, 0.2) is 0 Å². The molecule has 0 aliphatic carbocycles. The van der Waals surface area contributed by atoms with Crippen LogP contribution in [0.25, 0.3) is 0 Å². The minimum Gasteiger partial charge on any atom is -0.364 e. The number of benzene rings is 1. The lowest BCUT2D eigenvalue weighted by Crippen LogP contribution is -2.29. The molecule has 0 radical (unpaired) electrons. The van der Waals surface area contributed by atoms with Crippen molar-refractivity contribution in [2.24, 2.45) is 5.73 Å². The Kier molecular flexibility index (Phi) is 6.72. The maximum Gasteiger partial charge on any atom is 0.253 e. The molecule has 4 N–H and O–H groups in total. The molecule has 1 aliphatic heterocycles. The van der Waals surface area contributed by atoms with Crippen molar-refractivity contribution < 1.29 is 14.3 Å². The van der Waals surface area contributed by atoms with Crippen molar-refractivity contribution in [1.82, 2.24) is 4.90 Å². The van der Waals surface area contributed by atoms with Gasteiger partial charge in [0.2, 0.25) is 5.91 Å². The largest absolute Gasteiger partial charge is 0.364 e. The molecular formula is C17H26N4O3. The van der Waals surface area contributed by atoms with Crippen LogP contribution in [-0.4, -0.2) is 56.1 Å². The van der Waals surface area contributed by atoms with Gasteiger partial charge in [0.25, 0.3) is 5.91 Å². The van der Waals surface area contributed by atoms with Crippen molar-refractivity contribution >= 4 is 23.2 Å². The van der Waals surface area contributed by atoms with E-state index in [1.165, 1.54) is 0 Å². The number of nitrogens with one attached hydrogen (secondary N) is 2. The third-order valence-corrected chi connectivity index (χ3v) is 3.89. The van der Waals surface area contributed by atoms with Gasteiger partial charge in [-0.1, -0.05) is 0 Å². The zero-order valence-corrected chi connectivity index (χ0v) is 14.2. The summed E-state index contributed by atoms with van der Waals surface area (Å²) in [6.45, 7) is 1.14. The van der Waals surface area contributed by atoms with Crippen LogP contribution in [0.5, 0.6) is 0 Å². The molecule has 1 aliphatic rings. The van der Waals surface area contributed by atoms with Gasteiger partial charge in [0.1, 0.15) is 6.10 Å². The topological polar surface area (TPSA) is 96.7 Å². The summed E-state index contributed by atoms with van der Waals surface area (Å²) in [6.07, 6.45) is 1.47. The van der Waals surface area contributed by atoms with Gasteiger partial charge in [0.05, 0.1) is 6.10 Å². The van der Waals surface area contributed by atoms with E-state index in [2.05, 4.69) is 10.6 Å². The molecule has 0 aromatic heterocycles. The third-order valence-electron chi connectivity index (χ3n) is 3.89. The van der Waals surface area contributed by atoms with Crippen molar-refractivity contribution in [2.45, 2.75) is 31.5 Å². The van der Waals surface area contributed by atoms with Crippen LogP contribution < -0.4 is 16.4 Å². The lowest BCUT2D eigenvalue weighted by Gasteiger charge is -2.13. The number of ether oxygens (including phenoxy) is 1. The quantitative estimate of drug-likeness (QED) is 0.692. The minimum absolute atomic E-state index is 0.0273. The first kappa shape index (κ1) is 18.4. The summed E-state index contributed by atoms with van der Waals surface area (Å²) in [4.78, 5) is 25.9. The van der Waals surface area contributed by atoms with Gasteiger partial charge in [-0.3, -0.25) is 9.59 Å². The Morgan fingerprint density at radius 2 is 1.79 bits per heavy atom. The van der Waals surface area contributed by atoms with Crippen LogP contribution in [0.3, 0.4) is 0 Å². The molecule has 132 valence electrons. The average molecular weight is 334 g/mol. The molecule has 7 nitrogen and oxygen atoms in total. The van der Waals surface area contributed by atoms with Crippen LogP contribution >= 0.6 is 0 Å². The maximum absolute atomic E-state index is 12.1. The summed E-state index contributed by atoms with van der Waals surface area (Å²) in [5.74, 6) is -0.193. The van der Waals surface area contributed by atoms with E-state index in [1.807, 2.05) is 19.0 Å². The monoisotopic (exact) mass is 334 g/mol. The van der Waals surface area contributed by atoms with E-state index < -0.39 is 6.10 Å². The number of rotatable bonds is 7. The fraction of sp³-hybridized carbons (Fsp3) is 0.529. The fourth-order valence-electron chi connectivity index (χ4n) is 2.48. The Morgan fingerprint density at radius 3 is 2.33 bits per heavy atom. The molecule has 0 saturated carbocycles. The van der Waals surface area contributed by atoms with E-state index in [0.717, 1.165) is 6.42 Å². The lowest BCUT2D eigenvalue weighted by molar-refractivity contribution is -0.126. The SMILES string of the molecule is CN(C)CCC(=O)Nc1ccc(NC(=O)[C@@H]2CC[C@H](CN)O2)cc1. The van der Waals surface area contributed by atoms with E-state index in [9.17, 15) is 9.59 Å². The van der Waals surface area contributed by atoms with Gasteiger partial charge in [-0.15, -0.1) is 0 Å². The van der Waals surface area contributed by atoms with Crippen LogP contribution in [0.15, 0.2) is 24.3 Å². The molecule has 7 heteroatoms. The molecule has 1 saturated heterocycles. The third kappa shape index (κ3) is 5.59. The fourth-order valence-corrected chi connectivity index (χ4v) is 2.48. The highest BCUT2D eigenvalue weighted by Gasteiger charge is 2.29. The highest BCUT2D eigenvalue weighted by molar-refractivity contribution is 5.95. The van der Waals surface area contributed by atoms with E-state index in [4.69, 9.17) is 10.5 Å². The smallest absolute Gasteiger partial charge is 0.253 e. The minimum atomic E-state index is -0.441. The zero-order chi connectivity index (χ0) is 17.5. The summed E-state index contributed by atoms with van der Waals surface area (Å²) >= 11 is 0. The summed E-state index contributed by atoms with van der Waals surface area (Å²) in [5.41, 5.74) is 6.93. The predicted molar refractivity (Wildman–Crippen MR) is 93.8 cm³/mol. The van der Waals surface area contributed by atoms with Crippen LogP contribution in [-0.2, 0) is 14.3 Å². The molecule has 1 fully saturated rings. The highest BCUT2D eigenvalue weighted by Crippen LogP contribution is 2.21. The molecule has 24 heavy (non-hydrogen) atoms. The number of amides is 2. The number of carbonyl (C=O) groups excluding carboxylic acids is 2. The molecule has 0 unspecified atom stereocenters. The number of hydrogen-bond donors (Lipinski definition) is 3. The first-order valence-electron chi connectivity index (χ1n) is 8.19. The summed E-state index contributed by atoms with van der Waals surface area (Å²) in [6, 6.07) is 7.05. The van der Waals surface area contributed by atoms with Crippen molar-refractivity contribution in [3.05, 3.63) is 24.3 Å². The normalized spacial score (nSPS) is 20.2. The number of nitrogens with two attached hydrogens (primary N) is 1. The van der Waals surface area contributed by atoms with Gasteiger partial charge in [0, 0.05) is 30.9 Å². The Balaban J connectivity index is 1.81. The first-order valence-corrected chi connectivity index (χ1v) is 8.19. The number of carbonyl (C=O) groups is 2. The number of nitrogens with zero attached hydrogens (tertiary/aromatic N) is 1. The Hall–Kier alpha value is -1.96. The van der Waals surface area contributed by atoms with Crippen LogP contribution in [0.1, 0.15) is 19.3 Å². The van der Waals surface area contributed by atoms with Crippen LogP contribution in [0.2, 0.25) is 0 Å². The van der Waals surface area contributed by atoms with Gasteiger partial charge in [-0.05, 0) is 51.2 Å². The van der Waals surface area contributed by atoms with Crippen molar-refractivity contribution in [3.8, 4) is 0 Å². The second-order valence-corrected chi connectivity index (χ2v) is 6.23. The molecule has 1 aromatic rings. The summed E-state index contributed by atoms with van der Waals surface area (Å²) < 4.78 is 5.57. The van der Waals surface area contributed by atoms with Gasteiger partial charge < -0.3 is 26.0 Å². The van der Waals surface area contributed by atoms with Crippen molar-refractivity contribution in [3.63, 3.8) is 0 Å². The molecule has 0 bridgehead atoms. The molecule has 1 heterocycles. The summed E-state index contributed by atoms with van der Waals surface area (Å²) in [7, 11) is 3.85. The molecule has 2 rings (SSSR count). The summed E-state index contributed by atoms with van der Waals surface area (Å²) in [5, 5.41) is 5.65. The maximum atomic E-state index is 12.1. The molecule has 2 atom stereocenters. The average Bonchev–Trinajstić information content (AvgIpc) is 3.04.